The van der Waals surface area contributed by atoms with E-state index in [1.807, 2.05) is 0 Å². The van der Waals surface area contributed by atoms with E-state index in [-0.39, 0.29) is 25.5 Å². The summed E-state index contributed by atoms with van der Waals surface area (Å²) in [6, 6.07) is 3.16. The monoisotopic (exact) mass is 451 g/mol. The fraction of sp³-hybridized carbons (Fsp3) is 0.353. The van der Waals surface area contributed by atoms with E-state index in [2.05, 4.69) is 15.0 Å². The number of aliphatic hydroxyl groups excluding tert-OH is 1. The Morgan fingerprint density at radius 3 is 2.94 bits per heavy atom. The number of ether oxygens (including phenoxy) is 1. The summed E-state index contributed by atoms with van der Waals surface area (Å²) >= 11 is 0. The van der Waals surface area contributed by atoms with Gasteiger partial charge in [0.05, 0.1) is 25.6 Å². The molecule has 0 aliphatic rings. The summed E-state index contributed by atoms with van der Waals surface area (Å²) in [5.41, 5.74) is 12.1. The molecule has 31 heavy (non-hydrogen) atoms. The van der Waals surface area contributed by atoms with Gasteiger partial charge in [0.15, 0.2) is 38.0 Å². The highest BCUT2D eigenvalue weighted by Gasteiger charge is 2.18. The van der Waals surface area contributed by atoms with Gasteiger partial charge in [-0.3, -0.25) is 4.79 Å². The van der Waals surface area contributed by atoms with Crippen LogP contribution in [0, 0.1) is 0 Å². The number of nitrogens with two attached hydrogens (primary N) is 2. The van der Waals surface area contributed by atoms with Crippen LogP contribution in [-0.4, -0.2) is 56.2 Å². The van der Waals surface area contributed by atoms with Gasteiger partial charge < -0.3 is 39.9 Å². The van der Waals surface area contributed by atoms with Crippen LogP contribution < -0.4 is 20.9 Å². The number of primary amides is 1. The normalized spacial score (nSPS) is 14.4. The van der Waals surface area contributed by atoms with Crippen LogP contribution in [0.25, 0.3) is 11.2 Å². The van der Waals surface area contributed by atoms with Gasteiger partial charge in [-0.2, -0.15) is 0 Å². The molecule has 14 heteroatoms. The first-order valence-electron chi connectivity index (χ1n) is 9.16. The highest BCUT2D eigenvalue weighted by molar-refractivity contribution is 7.51. The summed E-state index contributed by atoms with van der Waals surface area (Å²) in [6.07, 6.45) is 4.30. The lowest BCUT2D eigenvalue weighted by Gasteiger charge is -2.25. The van der Waals surface area contributed by atoms with Crippen molar-refractivity contribution < 1.29 is 33.2 Å². The van der Waals surface area contributed by atoms with Crippen LogP contribution in [0.4, 0.5) is 5.82 Å². The van der Waals surface area contributed by atoms with Gasteiger partial charge in [-0.05, 0) is 6.07 Å². The maximum Gasteiger partial charge on any atom is 0.254 e. The largest absolute Gasteiger partial charge is 0.777 e. The van der Waals surface area contributed by atoms with Crippen LogP contribution in [0.2, 0.25) is 0 Å². The Labute approximate surface area is 176 Å². The molecule has 166 valence electrons. The fourth-order valence-corrected chi connectivity index (χ4v) is 3.57. The van der Waals surface area contributed by atoms with E-state index in [1.165, 1.54) is 18.9 Å². The number of rotatable bonds is 11. The zero-order chi connectivity index (χ0) is 22.4. The number of imidazole rings is 1. The van der Waals surface area contributed by atoms with Crippen LogP contribution in [0.3, 0.4) is 0 Å². The molecule has 0 saturated carbocycles. The van der Waals surface area contributed by atoms with Crippen LogP contribution in [0.1, 0.15) is 10.4 Å². The maximum atomic E-state index is 12.1. The number of hydrogen-bond acceptors (Lipinski definition) is 10. The smallest absolute Gasteiger partial charge is 0.254 e. The average molecular weight is 451 g/mol. The second-order valence-corrected chi connectivity index (χ2v) is 8.31. The number of fused-ring (bicyclic) bond motifs is 1. The van der Waals surface area contributed by atoms with Gasteiger partial charge in [-0.1, -0.05) is 0 Å². The van der Waals surface area contributed by atoms with Gasteiger partial charge in [0.1, 0.15) is 30.4 Å². The van der Waals surface area contributed by atoms with E-state index in [0.29, 0.717) is 16.7 Å². The minimum atomic E-state index is -4.33. The Kier molecular flexibility index (Phi) is 7.25. The molecule has 1 amide bonds. The number of pyridine rings is 1. The number of carbonyl (C=O) groups excluding carboxylic acids is 1. The minimum Gasteiger partial charge on any atom is -0.777 e. The molecule has 3 aromatic rings. The Balaban J connectivity index is 1.52. The van der Waals surface area contributed by atoms with Crippen LogP contribution in [0.15, 0.2) is 37.2 Å². The van der Waals surface area contributed by atoms with Crippen molar-refractivity contribution in [2.75, 3.05) is 25.3 Å². The molecule has 0 saturated heterocycles. The lowest BCUT2D eigenvalue weighted by molar-refractivity contribution is -0.697. The Hall–Kier alpha value is -2.96. The highest BCUT2D eigenvalue weighted by Crippen LogP contribution is 2.36. The van der Waals surface area contributed by atoms with E-state index >= 15 is 0 Å². The Morgan fingerprint density at radius 2 is 2.19 bits per heavy atom. The third-order valence-electron chi connectivity index (χ3n) is 4.28. The molecule has 2 atom stereocenters. The molecule has 0 radical (unpaired) electrons. The van der Waals surface area contributed by atoms with Gasteiger partial charge in [0, 0.05) is 6.07 Å². The molecular formula is C17H22N7O6P. The van der Waals surface area contributed by atoms with Crippen LogP contribution in [-0.2, 0) is 26.9 Å². The van der Waals surface area contributed by atoms with Gasteiger partial charge in [0.2, 0.25) is 0 Å². The molecule has 3 aromatic heterocycles. The van der Waals surface area contributed by atoms with Gasteiger partial charge in [0.25, 0.3) is 5.91 Å². The molecule has 0 aliphatic carbocycles. The highest BCUT2D eigenvalue weighted by atomic mass is 31.2. The molecule has 0 aliphatic heterocycles. The van der Waals surface area contributed by atoms with E-state index in [9.17, 15) is 19.4 Å². The van der Waals surface area contributed by atoms with Crippen molar-refractivity contribution in [2.45, 2.75) is 19.2 Å². The van der Waals surface area contributed by atoms with Crippen LogP contribution >= 0.6 is 7.60 Å². The first-order valence-corrected chi connectivity index (χ1v) is 10.9. The van der Waals surface area contributed by atoms with Crippen molar-refractivity contribution in [2.24, 2.45) is 5.73 Å². The second-order valence-electron chi connectivity index (χ2n) is 6.57. The van der Waals surface area contributed by atoms with Crippen molar-refractivity contribution in [3.63, 3.8) is 0 Å². The van der Waals surface area contributed by atoms with Crippen LogP contribution in [0.5, 0.6) is 0 Å². The summed E-state index contributed by atoms with van der Waals surface area (Å²) in [7, 11) is -4.33. The number of anilines is 1. The van der Waals surface area contributed by atoms with Gasteiger partial charge >= 0.3 is 0 Å². The molecule has 0 spiro atoms. The first kappa shape index (κ1) is 22.7. The summed E-state index contributed by atoms with van der Waals surface area (Å²) in [6.45, 7) is -0.322. The summed E-state index contributed by atoms with van der Waals surface area (Å²) in [5, 5.41) is 9.55. The van der Waals surface area contributed by atoms with Crippen molar-refractivity contribution in [1.29, 1.82) is 0 Å². The zero-order valence-electron chi connectivity index (χ0n) is 16.4. The van der Waals surface area contributed by atoms with E-state index in [0.717, 1.165) is 0 Å². The molecule has 13 nitrogen and oxygen atoms in total. The van der Waals surface area contributed by atoms with Crippen molar-refractivity contribution in [3.8, 4) is 0 Å². The first-order chi connectivity index (χ1) is 14.8. The number of nitrogen functional groups attached to an aromatic ring is 1. The number of aliphatic hydroxyl groups is 1. The lowest BCUT2D eigenvalue weighted by atomic mass is 10.3. The number of amides is 1. The van der Waals surface area contributed by atoms with E-state index in [1.54, 1.807) is 27.5 Å². The number of hydrogen-bond donors (Lipinski definition) is 3. The molecule has 3 heterocycles. The predicted octanol–water partition coefficient (Wildman–Crippen LogP) is -1.60. The predicted molar refractivity (Wildman–Crippen MR) is 105 cm³/mol. The molecule has 0 fully saturated rings. The maximum absolute atomic E-state index is 12.1. The number of nitrogens with zero attached hydrogens (tertiary/aromatic N) is 5. The second kappa shape index (κ2) is 9.90. The fourth-order valence-electron chi connectivity index (χ4n) is 2.74. The topological polar surface area (TPSA) is 195 Å². The number of carbonyl (C=O) groups is 1. The summed E-state index contributed by atoms with van der Waals surface area (Å²) in [5.74, 6) is -0.380. The van der Waals surface area contributed by atoms with Gasteiger partial charge in [-0.25, -0.2) is 19.5 Å². The van der Waals surface area contributed by atoms with E-state index in [4.69, 9.17) is 20.7 Å². The zero-order valence-corrected chi connectivity index (χ0v) is 17.3. The lowest BCUT2D eigenvalue weighted by Crippen LogP contribution is -2.37. The van der Waals surface area contributed by atoms with Crippen molar-refractivity contribution >= 4 is 30.5 Å². The minimum absolute atomic E-state index is 0.0964. The molecule has 3 rings (SSSR count). The van der Waals surface area contributed by atoms with E-state index < -0.39 is 32.6 Å². The molecule has 5 N–H and O–H groups in total. The quantitative estimate of drug-likeness (QED) is 0.226. The summed E-state index contributed by atoms with van der Waals surface area (Å²) in [4.78, 5) is 35.4. The SMILES string of the molecule is NC(=O)c1ccc[n+](CCOP(=O)([O-])COC(CO)Cn2cnc3c(N)ncnc32)c1. The molecular weight excluding hydrogens is 429 g/mol. The average Bonchev–Trinajstić information content (AvgIpc) is 3.15. The standard InChI is InChI=1S/C17H22N7O6P/c18-15-14-17(21-9-20-15)24(10-22-14)7-13(8-25)29-11-31(27,28)30-5-4-23-3-1-2-12(6-23)16(19)26/h1-3,6,9-10,13,25H,4-5,7-8,11H2,(H4-,18,19,20,21,26,27,28). The number of aromatic nitrogens is 5. The molecule has 0 aromatic carbocycles. The third-order valence-corrected chi connectivity index (χ3v) is 5.32. The summed E-state index contributed by atoms with van der Waals surface area (Å²) < 4.78 is 25.6. The van der Waals surface area contributed by atoms with Crippen molar-refractivity contribution in [1.82, 2.24) is 19.5 Å². The van der Waals surface area contributed by atoms with Gasteiger partial charge in [-0.15, -0.1) is 0 Å². The Bertz CT molecular complexity index is 1110. The third kappa shape index (κ3) is 6.03. The van der Waals surface area contributed by atoms with Crippen molar-refractivity contribution in [3.05, 3.63) is 42.7 Å². The molecule has 2 unspecified atom stereocenters. The Morgan fingerprint density at radius 1 is 1.39 bits per heavy atom. The molecule has 0 bridgehead atoms.